The lowest BCUT2D eigenvalue weighted by Gasteiger charge is -2.48. The molecule has 8 heteroatoms. The molecule has 1 saturated heterocycles. The summed E-state index contributed by atoms with van der Waals surface area (Å²) in [7, 11) is 1.76. The predicted molar refractivity (Wildman–Crippen MR) is 128 cm³/mol. The van der Waals surface area contributed by atoms with Crippen LogP contribution in [0.15, 0.2) is 61.1 Å². The normalized spacial score (nSPS) is 14.9. The summed E-state index contributed by atoms with van der Waals surface area (Å²) in [6, 6.07) is 13.9. The Morgan fingerprint density at radius 3 is 2.66 bits per heavy atom. The number of nitrogen functional groups attached to an aromatic ring is 1. The summed E-state index contributed by atoms with van der Waals surface area (Å²) in [5.41, 5.74) is 11.7. The number of fused-ring (bicyclic) bond motifs is 1. The number of benzene rings is 2. The van der Waals surface area contributed by atoms with E-state index in [-0.39, 0.29) is 5.60 Å². The summed E-state index contributed by atoms with van der Waals surface area (Å²) < 4.78 is 7.47. The molecule has 1 aliphatic rings. The lowest BCUT2D eigenvalue weighted by atomic mass is 9.95. The van der Waals surface area contributed by atoms with Crippen LogP contribution in [0.4, 0.5) is 22.9 Å². The summed E-state index contributed by atoms with van der Waals surface area (Å²) in [5, 5.41) is 10.8. The third-order valence-electron chi connectivity index (χ3n) is 5.95. The molecular weight excluding hydrogens is 402 g/mol. The van der Waals surface area contributed by atoms with E-state index in [0.717, 1.165) is 35.7 Å². The fourth-order valence-corrected chi connectivity index (χ4v) is 3.99. The second kappa shape index (κ2) is 7.65. The molecular formula is C24H25N7O. The van der Waals surface area contributed by atoms with E-state index in [1.807, 2.05) is 47.1 Å². The van der Waals surface area contributed by atoms with Crippen LogP contribution in [-0.2, 0) is 4.74 Å². The molecule has 4 N–H and O–H groups in total. The van der Waals surface area contributed by atoms with Crippen LogP contribution in [0.2, 0.25) is 0 Å². The van der Waals surface area contributed by atoms with E-state index >= 15 is 0 Å². The van der Waals surface area contributed by atoms with Gasteiger partial charge in [-0.15, -0.1) is 0 Å². The average molecular weight is 428 g/mol. The topological polar surface area (TPSA) is 105 Å². The van der Waals surface area contributed by atoms with Gasteiger partial charge < -0.3 is 30.5 Å². The van der Waals surface area contributed by atoms with Gasteiger partial charge in [0.25, 0.3) is 0 Å². The first kappa shape index (κ1) is 20.0. The highest BCUT2D eigenvalue weighted by atomic mass is 16.5. The third-order valence-corrected chi connectivity index (χ3v) is 5.95. The molecule has 0 aliphatic carbocycles. The Balaban J connectivity index is 1.42. The van der Waals surface area contributed by atoms with E-state index in [0.29, 0.717) is 17.1 Å². The molecule has 0 atom stereocenters. The number of hydrogen-bond acceptors (Lipinski definition) is 7. The van der Waals surface area contributed by atoms with Crippen molar-refractivity contribution in [3.8, 4) is 11.3 Å². The number of imidazole rings is 1. The third kappa shape index (κ3) is 3.54. The van der Waals surface area contributed by atoms with Crippen molar-refractivity contribution in [1.82, 2.24) is 14.4 Å². The fourth-order valence-electron chi connectivity index (χ4n) is 3.99. The van der Waals surface area contributed by atoms with Crippen LogP contribution in [0, 0.1) is 5.41 Å². The smallest absolute Gasteiger partial charge is 0.180 e. The van der Waals surface area contributed by atoms with Crippen LogP contribution >= 0.6 is 0 Å². The van der Waals surface area contributed by atoms with Gasteiger partial charge in [0, 0.05) is 73.2 Å². The van der Waals surface area contributed by atoms with E-state index in [4.69, 9.17) is 20.9 Å². The number of ether oxygens (including phenoxy) is 1. The predicted octanol–water partition coefficient (Wildman–Crippen LogP) is 3.94. The number of anilines is 4. The molecule has 2 aromatic heterocycles. The second-order valence-electron chi connectivity index (χ2n) is 8.30. The van der Waals surface area contributed by atoms with Gasteiger partial charge in [-0.2, -0.15) is 0 Å². The Morgan fingerprint density at radius 1 is 1.19 bits per heavy atom. The van der Waals surface area contributed by atoms with Gasteiger partial charge >= 0.3 is 0 Å². The Morgan fingerprint density at radius 2 is 1.97 bits per heavy atom. The van der Waals surface area contributed by atoms with Gasteiger partial charge in [-0.25, -0.2) is 9.97 Å². The van der Waals surface area contributed by atoms with E-state index in [1.165, 1.54) is 11.9 Å². The highest BCUT2D eigenvalue weighted by molar-refractivity contribution is 5.87. The van der Waals surface area contributed by atoms with Crippen molar-refractivity contribution in [1.29, 1.82) is 5.41 Å². The van der Waals surface area contributed by atoms with Gasteiger partial charge in [-0.05, 0) is 37.3 Å². The zero-order valence-corrected chi connectivity index (χ0v) is 18.0. The number of methoxy groups -OCH3 is 1. The first-order chi connectivity index (χ1) is 15.5. The van der Waals surface area contributed by atoms with E-state index < -0.39 is 0 Å². The van der Waals surface area contributed by atoms with Crippen molar-refractivity contribution in [3.05, 3.63) is 66.6 Å². The maximum absolute atomic E-state index is 7.44. The molecule has 8 nitrogen and oxygen atoms in total. The lowest BCUT2D eigenvalue weighted by molar-refractivity contribution is -0.0167. The minimum atomic E-state index is -0.0617. The zero-order chi connectivity index (χ0) is 22.3. The highest BCUT2D eigenvalue weighted by Crippen LogP contribution is 2.31. The molecule has 0 amide bonds. The molecule has 4 aromatic rings. The number of aromatic nitrogens is 3. The van der Waals surface area contributed by atoms with Crippen molar-refractivity contribution in [3.63, 3.8) is 0 Å². The molecule has 0 spiro atoms. The van der Waals surface area contributed by atoms with Crippen LogP contribution in [0.5, 0.6) is 0 Å². The van der Waals surface area contributed by atoms with Crippen LogP contribution < -0.4 is 16.0 Å². The first-order valence-electron chi connectivity index (χ1n) is 10.4. The van der Waals surface area contributed by atoms with Crippen molar-refractivity contribution >= 4 is 34.7 Å². The van der Waals surface area contributed by atoms with Crippen molar-refractivity contribution in [2.45, 2.75) is 12.5 Å². The zero-order valence-electron chi connectivity index (χ0n) is 18.0. The molecule has 0 radical (unpaired) electrons. The summed E-state index contributed by atoms with van der Waals surface area (Å²) in [5.74, 6) is 0.658. The van der Waals surface area contributed by atoms with Crippen LogP contribution in [0.25, 0.3) is 16.9 Å². The monoisotopic (exact) mass is 427 g/mol. The molecule has 3 heterocycles. The summed E-state index contributed by atoms with van der Waals surface area (Å²) in [6.45, 7) is 3.89. The van der Waals surface area contributed by atoms with Crippen LogP contribution in [0.1, 0.15) is 12.5 Å². The van der Waals surface area contributed by atoms with Crippen molar-refractivity contribution in [2.24, 2.45) is 0 Å². The largest absolute Gasteiger partial charge is 0.398 e. The molecule has 0 bridgehead atoms. The fraction of sp³-hybridized carbons (Fsp3) is 0.208. The Kier molecular flexibility index (Phi) is 4.79. The van der Waals surface area contributed by atoms with Gasteiger partial charge in [-0.3, -0.25) is 0 Å². The number of nitrogens with zero attached hydrogens (tertiary/aromatic N) is 4. The molecule has 2 aromatic carbocycles. The summed E-state index contributed by atoms with van der Waals surface area (Å²) >= 11 is 0. The molecule has 32 heavy (non-hydrogen) atoms. The average Bonchev–Trinajstić information content (AvgIpc) is 3.26. The maximum Gasteiger partial charge on any atom is 0.180 e. The molecule has 5 rings (SSSR count). The highest BCUT2D eigenvalue weighted by Gasteiger charge is 2.38. The minimum absolute atomic E-state index is 0.0617. The van der Waals surface area contributed by atoms with Gasteiger partial charge in [0.2, 0.25) is 0 Å². The Bertz CT molecular complexity index is 1290. The first-order valence-corrected chi connectivity index (χ1v) is 10.4. The Hall–Kier alpha value is -3.91. The molecule has 0 saturated carbocycles. The van der Waals surface area contributed by atoms with E-state index in [9.17, 15) is 0 Å². The van der Waals surface area contributed by atoms with Gasteiger partial charge in [0.15, 0.2) is 11.5 Å². The maximum atomic E-state index is 7.44. The minimum Gasteiger partial charge on any atom is -0.398 e. The quantitative estimate of drug-likeness (QED) is 0.318. The Labute approximate surface area is 186 Å². The molecule has 1 fully saturated rings. The standard InChI is InChI=1S/C24H25N7O/c1-24(32-2)14-31(15-24)19-7-5-18(6-8-19)28-22-23-27-9-10-30(23)13-21(29-22)16-3-4-17(12-25)20(26)11-16/h3-13,25H,14-15,26H2,1-2H3,(H,28,29). The number of hydrogen-bond donors (Lipinski definition) is 3. The van der Waals surface area contributed by atoms with Crippen LogP contribution in [-0.4, -0.2) is 46.4 Å². The lowest BCUT2D eigenvalue weighted by Crippen LogP contribution is -2.61. The van der Waals surface area contributed by atoms with Gasteiger partial charge in [-0.1, -0.05) is 12.1 Å². The van der Waals surface area contributed by atoms with Gasteiger partial charge in [0.05, 0.1) is 11.3 Å². The molecule has 0 unspecified atom stereocenters. The SMILES string of the molecule is COC1(C)CN(c2ccc(Nc3nc(-c4ccc(C=N)c(N)c4)cn4ccnc34)cc2)C1. The molecule has 1 aliphatic heterocycles. The van der Waals surface area contributed by atoms with Gasteiger partial charge in [0.1, 0.15) is 0 Å². The number of rotatable bonds is 6. The molecule has 162 valence electrons. The van der Waals surface area contributed by atoms with E-state index in [1.54, 1.807) is 13.3 Å². The number of nitrogens with two attached hydrogens (primary N) is 1. The second-order valence-corrected chi connectivity index (χ2v) is 8.30. The van der Waals surface area contributed by atoms with Crippen molar-refractivity contribution in [2.75, 3.05) is 36.1 Å². The van der Waals surface area contributed by atoms with Crippen LogP contribution in [0.3, 0.4) is 0 Å². The summed E-state index contributed by atoms with van der Waals surface area (Å²) in [6.07, 6.45) is 6.81. The number of nitrogens with one attached hydrogen (secondary N) is 2. The van der Waals surface area contributed by atoms with Crippen molar-refractivity contribution < 1.29 is 4.74 Å². The van der Waals surface area contributed by atoms with E-state index in [2.05, 4.69) is 34.3 Å². The summed E-state index contributed by atoms with van der Waals surface area (Å²) in [4.78, 5) is 11.6.